The van der Waals surface area contributed by atoms with Gasteiger partial charge in [0.1, 0.15) is 5.82 Å². The monoisotopic (exact) mass is 459 g/mol. The molecule has 1 N–H and O–H groups in total. The van der Waals surface area contributed by atoms with Gasteiger partial charge in [-0.2, -0.15) is 5.10 Å². The lowest BCUT2D eigenvalue weighted by molar-refractivity contribution is 0.0696. The van der Waals surface area contributed by atoms with Crippen molar-refractivity contribution in [3.63, 3.8) is 0 Å². The largest absolute Gasteiger partial charge is 0.478 e. The fraction of sp³-hybridized carbons (Fsp3) is 0.150. The summed E-state index contributed by atoms with van der Waals surface area (Å²) in [6.07, 6.45) is 3.45. The van der Waals surface area contributed by atoms with Crippen molar-refractivity contribution in [2.45, 2.75) is 18.9 Å². The molecule has 1 aromatic heterocycles. The number of nitrogens with zero attached hydrogens (tertiary/aromatic N) is 3. The summed E-state index contributed by atoms with van der Waals surface area (Å²) in [4.78, 5) is 16.1. The molecule has 4 rings (SSSR count). The first-order chi connectivity index (χ1) is 13.5. The highest BCUT2D eigenvalue weighted by atomic mass is 79.9. The van der Waals surface area contributed by atoms with Crippen molar-refractivity contribution in [1.82, 2.24) is 4.98 Å². The van der Waals surface area contributed by atoms with Crippen LogP contribution in [0.4, 0.5) is 9.52 Å². The molecule has 0 radical (unpaired) electrons. The number of carboxylic acids is 1. The van der Waals surface area contributed by atoms with Gasteiger partial charge < -0.3 is 5.11 Å². The second kappa shape index (κ2) is 7.81. The number of halogens is 2. The summed E-state index contributed by atoms with van der Waals surface area (Å²) in [6, 6.07) is 11.7. The highest BCUT2D eigenvalue weighted by Crippen LogP contribution is 2.37. The van der Waals surface area contributed by atoms with E-state index in [0.717, 1.165) is 39.8 Å². The smallest absolute Gasteiger partial charge is 0.336 e. The van der Waals surface area contributed by atoms with Gasteiger partial charge in [0, 0.05) is 21.0 Å². The van der Waals surface area contributed by atoms with E-state index in [2.05, 4.69) is 21.0 Å². The van der Waals surface area contributed by atoms with Crippen LogP contribution in [0.1, 0.15) is 28.8 Å². The number of aromatic nitrogens is 1. The zero-order chi connectivity index (χ0) is 19.7. The first-order valence-electron chi connectivity index (χ1n) is 8.59. The minimum absolute atomic E-state index is 0.118. The lowest BCUT2D eigenvalue weighted by atomic mass is 10.1. The Hall–Kier alpha value is -2.58. The van der Waals surface area contributed by atoms with Crippen LogP contribution in [0.3, 0.4) is 0 Å². The number of aromatic carboxylic acids is 1. The van der Waals surface area contributed by atoms with Gasteiger partial charge in [0.2, 0.25) is 5.13 Å². The summed E-state index contributed by atoms with van der Waals surface area (Å²) in [5.41, 5.74) is 2.08. The molecule has 0 spiro atoms. The summed E-state index contributed by atoms with van der Waals surface area (Å²) in [5.74, 6) is -1.78. The molecule has 0 atom stereocenters. The third-order valence-corrected chi connectivity index (χ3v) is 5.82. The Kier molecular flexibility index (Phi) is 5.23. The van der Waals surface area contributed by atoms with Crippen LogP contribution in [0.25, 0.3) is 11.3 Å². The van der Waals surface area contributed by atoms with Crippen LogP contribution in [0.5, 0.6) is 0 Å². The first-order valence-corrected chi connectivity index (χ1v) is 10.3. The van der Waals surface area contributed by atoms with E-state index in [9.17, 15) is 14.3 Å². The van der Waals surface area contributed by atoms with Gasteiger partial charge in [-0.15, -0.1) is 11.3 Å². The number of hydrazone groups is 1. The van der Waals surface area contributed by atoms with Crippen molar-refractivity contribution in [1.29, 1.82) is 0 Å². The second-order valence-electron chi connectivity index (χ2n) is 6.35. The third-order valence-electron chi connectivity index (χ3n) is 4.30. The average molecular weight is 460 g/mol. The molecule has 142 valence electrons. The van der Waals surface area contributed by atoms with Crippen LogP contribution >= 0.6 is 27.3 Å². The van der Waals surface area contributed by atoms with Gasteiger partial charge >= 0.3 is 5.97 Å². The maximum absolute atomic E-state index is 13.4. The highest BCUT2D eigenvalue weighted by molar-refractivity contribution is 9.10. The molecule has 1 fully saturated rings. The van der Waals surface area contributed by atoms with Crippen molar-refractivity contribution in [2.24, 2.45) is 5.10 Å². The lowest BCUT2D eigenvalue weighted by Gasteiger charge is -2.14. The van der Waals surface area contributed by atoms with Crippen LogP contribution in [0.15, 0.2) is 57.4 Å². The molecule has 1 saturated carbocycles. The molecule has 8 heteroatoms. The maximum Gasteiger partial charge on any atom is 0.336 e. The molecule has 3 aromatic rings. The zero-order valence-corrected chi connectivity index (χ0v) is 17.0. The molecule has 0 amide bonds. The van der Waals surface area contributed by atoms with Gasteiger partial charge in [0.15, 0.2) is 0 Å². The van der Waals surface area contributed by atoms with Gasteiger partial charge in [0.05, 0.1) is 23.5 Å². The Balaban J connectivity index is 1.64. The second-order valence-corrected chi connectivity index (χ2v) is 8.04. The first kappa shape index (κ1) is 18.8. The fourth-order valence-corrected chi connectivity index (χ4v) is 4.07. The predicted octanol–water partition coefficient (Wildman–Crippen LogP) is 5.41. The summed E-state index contributed by atoms with van der Waals surface area (Å²) in [5, 5.41) is 18.3. The SMILES string of the molecule is O=C(O)c1cc(F)ccc1C=NN(c1nc(-c2ccccc2Br)cs1)C1CC1. The minimum atomic E-state index is -1.19. The molecule has 0 saturated heterocycles. The van der Waals surface area contributed by atoms with E-state index in [1.807, 2.05) is 34.7 Å². The summed E-state index contributed by atoms with van der Waals surface area (Å²) in [7, 11) is 0. The number of carbonyl (C=O) groups is 1. The molecule has 2 aromatic carbocycles. The number of hydrogen-bond donors (Lipinski definition) is 1. The molecule has 1 aliphatic carbocycles. The summed E-state index contributed by atoms with van der Waals surface area (Å²) < 4.78 is 14.3. The number of benzene rings is 2. The summed E-state index contributed by atoms with van der Waals surface area (Å²) >= 11 is 5.03. The molecular weight excluding hydrogens is 445 g/mol. The van der Waals surface area contributed by atoms with Crippen LogP contribution < -0.4 is 5.01 Å². The topological polar surface area (TPSA) is 65.8 Å². The predicted molar refractivity (Wildman–Crippen MR) is 112 cm³/mol. The maximum atomic E-state index is 13.4. The van der Waals surface area contributed by atoms with Crippen molar-refractivity contribution < 1.29 is 14.3 Å². The Morgan fingerprint density at radius 3 is 2.82 bits per heavy atom. The minimum Gasteiger partial charge on any atom is -0.478 e. The van der Waals surface area contributed by atoms with E-state index < -0.39 is 11.8 Å². The zero-order valence-electron chi connectivity index (χ0n) is 14.5. The van der Waals surface area contributed by atoms with Crippen molar-refractivity contribution in [2.75, 3.05) is 5.01 Å². The van der Waals surface area contributed by atoms with Gasteiger partial charge in [-0.1, -0.05) is 34.1 Å². The normalized spacial score (nSPS) is 13.8. The Labute approximate surface area is 173 Å². The van der Waals surface area contributed by atoms with E-state index in [1.165, 1.54) is 29.7 Å². The lowest BCUT2D eigenvalue weighted by Crippen LogP contribution is -2.19. The quantitative estimate of drug-likeness (QED) is 0.395. The number of hydrogen-bond acceptors (Lipinski definition) is 5. The van der Waals surface area contributed by atoms with Crippen LogP contribution in [0, 0.1) is 5.82 Å². The van der Waals surface area contributed by atoms with Crippen molar-refractivity contribution in [3.8, 4) is 11.3 Å². The van der Waals surface area contributed by atoms with Crippen molar-refractivity contribution in [3.05, 3.63) is 69.3 Å². The molecule has 0 aliphatic heterocycles. The van der Waals surface area contributed by atoms with Gasteiger partial charge in [-0.05, 0) is 37.1 Å². The van der Waals surface area contributed by atoms with E-state index in [-0.39, 0.29) is 11.6 Å². The Morgan fingerprint density at radius 2 is 2.11 bits per heavy atom. The standard InChI is InChI=1S/C20H15BrFN3O2S/c21-17-4-2-1-3-15(17)18-11-28-20(24-18)25(14-7-8-14)23-10-12-5-6-13(22)9-16(12)19(26)27/h1-6,9-11,14H,7-8H2,(H,26,27). The third kappa shape index (κ3) is 3.98. The van der Waals surface area contributed by atoms with E-state index in [4.69, 9.17) is 4.98 Å². The van der Waals surface area contributed by atoms with Gasteiger partial charge in [-0.3, -0.25) is 0 Å². The number of rotatable bonds is 6. The molecule has 1 aliphatic rings. The Morgan fingerprint density at radius 1 is 1.32 bits per heavy atom. The molecule has 1 heterocycles. The van der Waals surface area contributed by atoms with E-state index >= 15 is 0 Å². The molecule has 5 nitrogen and oxygen atoms in total. The highest BCUT2D eigenvalue weighted by Gasteiger charge is 2.31. The van der Waals surface area contributed by atoms with Crippen LogP contribution in [-0.4, -0.2) is 28.3 Å². The van der Waals surface area contributed by atoms with Crippen molar-refractivity contribution >= 4 is 44.6 Å². The molecule has 0 bridgehead atoms. The molecule has 0 unspecified atom stereocenters. The van der Waals surface area contributed by atoms with Crippen LogP contribution in [-0.2, 0) is 0 Å². The Bertz CT molecular complexity index is 1070. The average Bonchev–Trinajstić information content (AvgIpc) is 3.40. The molecular formula is C20H15BrFN3O2S. The van der Waals surface area contributed by atoms with E-state index in [0.29, 0.717) is 5.56 Å². The fourth-order valence-electron chi connectivity index (χ4n) is 2.73. The number of carboxylic acid groups (broad SMARTS) is 1. The van der Waals surface area contributed by atoms with E-state index in [1.54, 1.807) is 0 Å². The number of anilines is 1. The molecule has 28 heavy (non-hydrogen) atoms. The summed E-state index contributed by atoms with van der Waals surface area (Å²) in [6.45, 7) is 0. The van der Waals surface area contributed by atoms with Crippen LogP contribution in [0.2, 0.25) is 0 Å². The van der Waals surface area contributed by atoms with Gasteiger partial charge in [-0.25, -0.2) is 19.2 Å². The number of thiazole rings is 1. The van der Waals surface area contributed by atoms with Gasteiger partial charge in [0.25, 0.3) is 0 Å².